The molecule has 0 N–H and O–H groups in total. The van der Waals surface area contributed by atoms with Crippen LogP contribution in [0.4, 0.5) is 10.5 Å². The number of carbonyl (C=O) groups excluding carboxylic acids is 1. The lowest BCUT2D eigenvalue weighted by molar-refractivity contribution is 0.00736. The Morgan fingerprint density at radius 1 is 1.20 bits per heavy atom. The fourth-order valence-corrected chi connectivity index (χ4v) is 5.71. The van der Waals surface area contributed by atoms with E-state index in [2.05, 4.69) is 36.1 Å². The second-order valence-corrected chi connectivity index (χ2v) is 12.8. The van der Waals surface area contributed by atoms with Crippen LogP contribution in [0.15, 0.2) is 52.3 Å². The van der Waals surface area contributed by atoms with Gasteiger partial charge < -0.3 is 14.5 Å². The van der Waals surface area contributed by atoms with E-state index in [1.807, 2.05) is 57.1 Å². The molecule has 1 aliphatic heterocycles. The van der Waals surface area contributed by atoms with Crippen LogP contribution in [0.25, 0.3) is 11.3 Å². The topological polar surface area (TPSA) is 98.4 Å². The van der Waals surface area contributed by atoms with Gasteiger partial charge in [0.25, 0.3) is 5.56 Å². The SMILES string of the molecule is CC(n1cc(-c2cncc(Br)c2)nn1)n1ccc(N2CCC[C@@H](N(CC3CCC3)C(=O)OC(C)(C)C)C2)cc1=O. The second kappa shape index (κ2) is 11.7. The highest BCUT2D eigenvalue weighted by Crippen LogP contribution is 2.31. The van der Waals surface area contributed by atoms with Gasteiger partial charge in [0.1, 0.15) is 17.5 Å². The fraction of sp³-hybridized carbons (Fsp3) is 0.552. The van der Waals surface area contributed by atoms with Crippen LogP contribution in [0.3, 0.4) is 0 Å². The maximum atomic E-state index is 13.3. The van der Waals surface area contributed by atoms with Gasteiger partial charge in [0.05, 0.1) is 12.2 Å². The van der Waals surface area contributed by atoms with Crippen molar-refractivity contribution in [3.05, 3.63) is 57.8 Å². The molecule has 2 aliphatic rings. The normalized spacial score (nSPS) is 18.7. The van der Waals surface area contributed by atoms with Gasteiger partial charge in [0.15, 0.2) is 0 Å². The molecule has 11 heteroatoms. The molecular weight excluding hydrogens is 574 g/mol. The van der Waals surface area contributed by atoms with Crippen molar-refractivity contribution >= 4 is 27.7 Å². The van der Waals surface area contributed by atoms with Gasteiger partial charge in [-0.2, -0.15) is 0 Å². The number of hydrogen-bond acceptors (Lipinski definition) is 7. The first-order valence-electron chi connectivity index (χ1n) is 14.1. The van der Waals surface area contributed by atoms with Crippen LogP contribution in [0, 0.1) is 5.92 Å². The van der Waals surface area contributed by atoms with Crippen molar-refractivity contribution in [1.82, 2.24) is 29.4 Å². The summed E-state index contributed by atoms with van der Waals surface area (Å²) in [4.78, 5) is 34.8. The van der Waals surface area contributed by atoms with E-state index in [1.165, 1.54) is 19.3 Å². The summed E-state index contributed by atoms with van der Waals surface area (Å²) in [5.41, 5.74) is 1.73. The van der Waals surface area contributed by atoms with Gasteiger partial charge in [-0.25, -0.2) is 9.48 Å². The van der Waals surface area contributed by atoms with E-state index in [9.17, 15) is 9.59 Å². The molecular formula is C29H38BrN7O3. The molecule has 1 amide bonds. The zero-order valence-electron chi connectivity index (χ0n) is 23.7. The molecule has 1 saturated heterocycles. The largest absolute Gasteiger partial charge is 0.444 e. The predicted octanol–water partition coefficient (Wildman–Crippen LogP) is 5.34. The summed E-state index contributed by atoms with van der Waals surface area (Å²) in [6, 6.07) is 5.63. The molecule has 10 nitrogen and oxygen atoms in total. The maximum absolute atomic E-state index is 13.3. The molecule has 4 heterocycles. The van der Waals surface area contributed by atoms with Crippen molar-refractivity contribution in [1.29, 1.82) is 0 Å². The van der Waals surface area contributed by atoms with E-state index in [4.69, 9.17) is 4.74 Å². The monoisotopic (exact) mass is 611 g/mol. The van der Waals surface area contributed by atoms with Crippen molar-refractivity contribution in [2.24, 2.45) is 5.92 Å². The van der Waals surface area contributed by atoms with Gasteiger partial charge in [-0.3, -0.25) is 14.3 Å². The number of rotatable bonds is 7. The van der Waals surface area contributed by atoms with Crippen LogP contribution in [0.2, 0.25) is 0 Å². The highest BCUT2D eigenvalue weighted by Gasteiger charge is 2.34. The zero-order chi connectivity index (χ0) is 28.4. The third-order valence-corrected chi connectivity index (χ3v) is 8.17. The quantitative estimate of drug-likeness (QED) is 0.356. The molecule has 2 atom stereocenters. The summed E-state index contributed by atoms with van der Waals surface area (Å²) in [7, 11) is 0. The third-order valence-electron chi connectivity index (χ3n) is 7.74. The summed E-state index contributed by atoms with van der Waals surface area (Å²) < 4.78 is 9.98. The van der Waals surface area contributed by atoms with Gasteiger partial charge in [0, 0.05) is 60.0 Å². The number of pyridine rings is 2. The molecule has 2 fully saturated rings. The van der Waals surface area contributed by atoms with Gasteiger partial charge >= 0.3 is 6.09 Å². The van der Waals surface area contributed by atoms with Crippen molar-refractivity contribution in [2.45, 2.75) is 77.6 Å². The van der Waals surface area contributed by atoms with Crippen molar-refractivity contribution < 1.29 is 9.53 Å². The molecule has 1 unspecified atom stereocenters. The van der Waals surface area contributed by atoms with E-state index < -0.39 is 5.60 Å². The van der Waals surface area contributed by atoms with Crippen LogP contribution < -0.4 is 10.5 Å². The van der Waals surface area contributed by atoms with Crippen LogP contribution in [-0.2, 0) is 4.74 Å². The number of piperidine rings is 1. The first-order valence-corrected chi connectivity index (χ1v) is 14.9. The van der Waals surface area contributed by atoms with Crippen LogP contribution >= 0.6 is 15.9 Å². The molecule has 214 valence electrons. The Kier molecular flexibility index (Phi) is 8.30. The summed E-state index contributed by atoms with van der Waals surface area (Å²) >= 11 is 3.43. The Hall–Kier alpha value is -3.21. The Labute approximate surface area is 243 Å². The smallest absolute Gasteiger partial charge is 0.410 e. The molecule has 1 aliphatic carbocycles. The Morgan fingerprint density at radius 3 is 2.67 bits per heavy atom. The number of aromatic nitrogens is 5. The average Bonchev–Trinajstić information content (AvgIpc) is 3.37. The first-order chi connectivity index (χ1) is 19.1. The highest BCUT2D eigenvalue weighted by molar-refractivity contribution is 9.10. The summed E-state index contributed by atoms with van der Waals surface area (Å²) in [5, 5.41) is 8.54. The van der Waals surface area contributed by atoms with Crippen molar-refractivity contribution in [3.8, 4) is 11.3 Å². The summed E-state index contributed by atoms with van der Waals surface area (Å²) in [6.07, 6.45) is 11.9. The van der Waals surface area contributed by atoms with E-state index in [1.54, 1.807) is 27.7 Å². The Bertz CT molecular complexity index is 1390. The number of nitrogens with zero attached hydrogens (tertiary/aromatic N) is 7. The number of carbonyl (C=O) groups is 1. The molecule has 0 spiro atoms. The first kappa shape index (κ1) is 28.3. The minimum Gasteiger partial charge on any atom is -0.444 e. The molecule has 0 aromatic carbocycles. The number of anilines is 1. The van der Waals surface area contributed by atoms with Gasteiger partial charge in [-0.05, 0) is 87.4 Å². The van der Waals surface area contributed by atoms with Crippen LogP contribution in [0.5, 0.6) is 0 Å². The molecule has 1 saturated carbocycles. The minimum atomic E-state index is -0.537. The van der Waals surface area contributed by atoms with Crippen molar-refractivity contribution in [3.63, 3.8) is 0 Å². The predicted molar refractivity (Wildman–Crippen MR) is 157 cm³/mol. The molecule has 0 bridgehead atoms. The van der Waals surface area contributed by atoms with Crippen LogP contribution in [0.1, 0.15) is 66.0 Å². The maximum Gasteiger partial charge on any atom is 0.410 e. The van der Waals surface area contributed by atoms with E-state index in [0.717, 1.165) is 41.7 Å². The van der Waals surface area contributed by atoms with Crippen LogP contribution in [-0.4, -0.2) is 66.8 Å². The zero-order valence-corrected chi connectivity index (χ0v) is 25.2. The molecule has 3 aromatic rings. The summed E-state index contributed by atoms with van der Waals surface area (Å²) in [5.74, 6) is 0.547. The summed E-state index contributed by atoms with van der Waals surface area (Å²) in [6.45, 7) is 9.90. The Balaban J connectivity index is 1.30. The lowest BCUT2D eigenvalue weighted by Gasteiger charge is -2.43. The molecule has 5 rings (SSSR count). The van der Waals surface area contributed by atoms with Gasteiger partial charge in [-0.1, -0.05) is 11.6 Å². The third kappa shape index (κ3) is 6.56. The highest BCUT2D eigenvalue weighted by atomic mass is 79.9. The number of halogens is 1. The average molecular weight is 613 g/mol. The van der Waals surface area contributed by atoms with E-state index in [0.29, 0.717) is 18.2 Å². The second-order valence-electron chi connectivity index (χ2n) is 11.9. The molecule has 40 heavy (non-hydrogen) atoms. The molecule has 3 aromatic heterocycles. The number of amides is 1. The van der Waals surface area contributed by atoms with E-state index in [-0.39, 0.29) is 23.9 Å². The van der Waals surface area contributed by atoms with Gasteiger partial charge in [-0.15, -0.1) is 5.10 Å². The standard InChI is InChI=1S/C29H38BrN7O3/c1-20(37-19-26(32-33-37)22-13-23(30)16-31-15-22)35-12-10-24(14-27(35)38)34-11-6-9-25(18-34)36(17-21-7-5-8-21)28(39)40-29(2,3)4/h10,12-16,19-21,25H,5-9,11,17-18H2,1-4H3/t20?,25-/m1/s1. The lowest BCUT2D eigenvalue weighted by Crippen LogP contribution is -2.53. The minimum absolute atomic E-state index is 0.0478. The molecule has 0 radical (unpaired) electrons. The number of ether oxygens (including phenoxy) is 1. The van der Waals surface area contributed by atoms with Crippen molar-refractivity contribution in [2.75, 3.05) is 24.5 Å². The van der Waals surface area contributed by atoms with E-state index >= 15 is 0 Å². The Morgan fingerprint density at radius 2 is 2.00 bits per heavy atom. The van der Waals surface area contributed by atoms with Gasteiger partial charge in [0.2, 0.25) is 0 Å². The lowest BCUT2D eigenvalue weighted by atomic mass is 9.84. The number of hydrogen-bond donors (Lipinski definition) is 0. The fourth-order valence-electron chi connectivity index (χ4n) is 5.35.